The van der Waals surface area contributed by atoms with E-state index in [0.717, 1.165) is 30.8 Å². The average Bonchev–Trinajstić information content (AvgIpc) is 3.14. The maximum Gasteiger partial charge on any atom is 0.247 e. The molecule has 26 heavy (non-hydrogen) atoms. The zero-order chi connectivity index (χ0) is 18.3. The third kappa shape index (κ3) is 3.17. The number of nitrogens with zero attached hydrogens (tertiary/aromatic N) is 2. The molecule has 2 fully saturated rings. The number of carbonyl (C=O) groups is 1. The van der Waals surface area contributed by atoms with Crippen molar-refractivity contribution in [2.24, 2.45) is 11.8 Å². The molecule has 4 rings (SSSR count). The van der Waals surface area contributed by atoms with Crippen molar-refractivity contribution in [3.8, 4) is 0 Å². The van der Waals surface area contributed by atoms with E-state index in [1.54, 1.807) is 31.3 Å². The van der Waals surface area contributed by atoms with Gasteiger partial charge >= 0.3 is 0 Å². The maximum absolute atomic E-state index is 13.7. The quantitative estimate of drug-likeness (QED) is 0.918. The van der Waals surface area contributed by atoms with Gasteiger partial charge in [0.25, 0.3) is 0 Å². The number of aromatic nitrogens is 1. The normalized spacial score (nSPS) is 25.5. The molecule has 0 spiro atoms. The van der Waals surface area contributed by atoms with Gasteiger partial charge in [-0.25, -0.2) is 4.39 Å². The SMILES string of the molecule is CC(=O)N1C[C@H]2CN(Cc3ccc(=O)[nH]c3)C[C@H]2[C@H]1c1cccc(F)c1. The van der Waals surface area contributed by atoms with Crippen LogP contribution < -0.4 is 5.56 Å². The highest BCUT2D eigenvalue weighted by molar-refractivity contribution is 5.74. The van der Waals surface area contributed by atoms with Crippen molar-refractivity contribution in [2.75, 3.05) is 19.6 Å². The lowest BCUT2D eigenvalue weighted by molar-refractivity contribution is -0.130. The Bertz CT molecular complexity index is 861. The van der Waals surface area contributed by atoms with E-state index in [9.17, 15) is 14.0 Å². The molecule has 3 heterocycles. The smallest absolute Gasteiger partial charge is 0.247 e. The number of fused-ring (bicyclic) bond motifs is 1. The van der Waals surface area contributed by atoms with E-state index >= 15 is 0 Å². The molecule has 0 bridgehead atoms. The summed E-state index contributed by atoms with van der Waals surface area (Å²) in [6.07, 6.45) is 1.75. The Morgan fingerprint density at radius 2 is 2.08 bits per heavy atom. The summed E-state index contributed by atoms with van der Waals surface area (Å²) in [6.45, 7) is 4.82. The number of halogens is 1. The molecule has 2 aromatic rings. The molecule has 0 saturated carbocycles. The first-order valence-corrected chi connectivity index (χ1v) is 8.94. The van der Waals surface area contributed by atoms with E-state index in [0.29, 0.717) is 18.4 Å². The number of carbonyl (C=O) groups excluding carboxylic acids is 1. The number of amides is 1. The Morgan fingerprint density at radius 3 is 2.77 bits per heavy atom. The first kappa shape index (κ1) is 17.0. The molecule has 2 aliphatic heterocycles. The van der Waals surface area contributed by atoms with E-state index in [1.807, 2.05) is 17.0 Å². The van der Waals surface area contributed by atoms with Crippen LogP contribution in [0.25, 0.3) is 0 Å². The predicted molar refractivity (Wildman–Crippen MR) is 95.8 cm³/mol. The lowest BCUT2D eigenvalue weighted by Gasteiger charge is -2.29. The fourth-order valence-electron chi connectivity index (χ4n) is 4.51. The number of aromatic amines is 1. The summed E-state index contributed by atoms with van der Waals surface area (Å²) in [5, 5.41) is 0. The molecule has 136 valence electrons. The summed E-state index contributed by atoms with van der Waals surface area (Å²) in [4.78, 5) is 30.3. The summed E-state index contributed by atoms with van der Waals surface area (Å²) < 4.78 is 13.7. The lowest BCUT2D eigenvalue weighted by Crippen LogP contribution is -2.34. The van der Waals surface area contributed by atoms with Crippen molar-refractivity contribution >= 4 is 5.91 Å². The van der Waals surface area contributed by atoms with E-state index in [2.05, 4.69) is 9.88 Å². The molecule has 0 unspecified atom stereocenters. The first-order chi connectivity index (χ1) is 12.5. The molecule has 1 aromatic heterocycles. The van der Waals surface area contributed by atoms with Crippen molar-refractivity contribution < 1.29 is 9.18 Å². The van der Waals surface area contributed by atoms with Gasteiger partial charge in [-0.05, 0) is 29.2 Å². The fraction of sp³-hybridized carbons (Fsp3) is 0.400. The average molecular weight is 355 g/mol. The highest BCUT2D eigenvalue weighted by atomic mass is 19.1. The number of hydrogen-bond donors (Lipinski definition) is 1. The van der Waals surface area contributed by atoms with Gasteiger partial charge in [0.1, 0.15) is 5.82 Å². The van der Waals surface area contributed by atoms with Crippen molar-refractivity contribution in [1.29, 1.82) is 0 Å². The van der Waals surface area contributed by atoms with E-state index in [4.69, 9.17) is 0 Å². The molecule has 6 heteroatoms. The number of rotatable bonds is 3. The Hall–Kier alpha value is -2.47. The summed E-state index contributed by atoms with van der Waals surface area (Å²) in [7, 11) is 0. The first-order valence-electron chi connectivity index (χ1n) is 8.94. The van der Waals surface area contributed by atoms with Crippen LogP contribution in [0, 0.1) is 17.7 Å². The van der Waals surface area contributed by atoms with Gasteiger partial charge in [-0.15, -0.1) is 0 Å². The Kier molecular flexibility index (Phi) is 4.36. The molecular formula is C20H22FN3O2. The third-order valence-corrected chi connectivity index (χ3v) is 5.59. The van der Waals surface area contributed by atoms with Gasteiger partial charge < -0.3 is 9.88 Å². The summed E-state index contributed by atoms with van der Waals surface area (Å²) in [5.74, 6) is 0.455. The summed E-state index contributed by atoms with van der Waals surface area (Å²) in [6, 6.07) is 9.92. The molecule has 1 N–H and O–H groups in total. The van der Waals surface area contributed by atoms with E-state index in [-0.39, 0.29) is 23.3 Å². The highest BCUT2D eigenvalue weighted by Gasteiger charge is 2.48. The number of nitrogens with one attached hydrogen (secondary N) is 1. The molecule has 1 aromatic carbocycles. The Morgan fingerprint density at radius 1 is 1.23 bits per heavy atom. The summed E-state index contributed by atoms with van der Waals surface area (Å²) >= 11 is 0. The largest absolute Gasteiger partial charge is 0.335 e. The van der Waals surface area contributed by atoms with E-state index < -0.39 is 0 Å². The van der Waals surface area contributed by atoms with Crippen LogP contribution in [0.2, 0.25) is 0 Å². The van der Waals surface area contributed by atoms with Crippen LogP contribution in [0.4, 0.5) is 4.39 Å². The van der Waals surface area contributed by atoms with Crippen LogP contribution in [0.5, 0.6) is 0 Å². The number of H-pyrrole nitrogens is 1. The van der Waals surface area contributed by atoms with Crippen LogP contribution in [0.1, 0.15) is 24.1 Å². The van der Waals surface area contributed by atoms with Crippen LogP contribution in [-0.4, -0.2) is 40.3 Å². The number of hydrogen-bond acceptors (Lipinski definition) is 3. The van der Waals surface area contributed by atoms with Gasteiger partial charge in [-0.3, -0.25) is 14.5 Å². The Labute approximate surface area is 151 Å². The molecule has 5 nitrogen and oxygen atoms in total. The van der Waals surface area contributed by atoms with Crippen molar-refractivity contribution in [3.05, 3.63) is 69.9 Å². The lowest BCUT2D eigenvalue weighted by atomic mass is 9.89. The second-order valence-corrected chi connectivity index (χ2v) is 7.35. The Balaban J connectivity index is 1.55. The minimum absolute atomic E-state index is 0.0424. The van der Waals surface area contributed by atoms with Gasteiger partial charge in [-0.2, -0.15) is 0 Å². The topological polar surface area (TPSA) is 56.4 Å². The van der Waals surface area contributed by atoms with Gasteiger partial charge in [-0.1, -0.05) is 18.2 Å². The zero-order valence-electron chi connectivity index (χ0n) is 14.7. The van der Waals surface area contributed by atoms with Gasteiger partial charge in [0.05, 0.1) is 6.04 Å². The molecular weight excluding hydrogens is 333 g/mol. The zero-order valence-corrected chi connectivity index (χ0v) is 14.7. The summed E-state index contributed by atoms with van der Waals surface area (Å²) in [5.41, 5.74) is 1.84. The third-order valence-electron chi connectivity index (χ3n) is 5.59. The van der Waals surface area contributed by atoms with Crippen molar-refractivity contribution in [1.82, 2.24) is 14.8 Å². The monoisotopic (exact) mass is 355 g/mol. The molecule has 1 amide bonds. The van der Waals surface area contributed by atoms with Crippen LogP contribution in [-0.2, 0) is 11.3 Å². The highest BCUT2D eigenvalue weighted by Crippen LogP contribution is 2.45. The maximum atomic E-state index is 13.7. The van der Waals surface area contributed by atoms with Crippen molar-refractivity contribution in [3.63, 3.8) is 0 Å². The van der Waals surface area contributed by atoms with Crippen LogP contribution >= 0.6 is 0 Å². The van der Waals surface area contributed by atoms with Gasteiger partial charge in [0.15, 0.2) is 0 Å². The minimum atomic E-state index is -0.266. The number of benzene rings is 1. The van der Waals surface area contributed by atoms with Crippen LogP contribution in [0.15, 0.2) is 47.4 Å². The molecule has 0 radical (unpaired) electrons. The van der Waals surface area contributed by atoms with E-state index in [1.165, 1.54) is 6.07 Å². The number of pyridine rings is 1. The second kappa shape index (κ2) is 6.68. The second-order valence-electron chi connectivity index (χ2n) is 7.35. The van der Waals surface area contributed by atoms with Gasteiger partial charge in [0, 0.05) is 51.3 Å². The van der Waals surface area contributed by atoms with Crippen molar-refractivity contribution in [2.45, 2.75) is 19.5 Å². The predicted octanol–water partition coefficient (Wildman–Crippen LogP) is 2.17. The molecule has 2 saturated heterocycles. The number of likely N-dealkylation sites (tertiary alicyclic amines) is 2. The molecule has 3 atom stereocenters. The fourth-order valence-corrected chi connectivity index (χ4v) is 4.51. The van der Waals surface area contributed by atoms with Crippen LogP contribution in [0.3, 0.4) is 0 Å². The molecule has 0 aliphatic carbocycles. The standard InChI is InChI=1S/C20H22FN3O2/c1-13(25)24-11-16-10-23(9-14-5-6-19(26)22-8-14)12-18(16)20(24)15-3-2-4-17(21)7-15/h2-8,16,18,20H,9-12H2,1H3,(H,22,26)/t16-,18-,20-/m1/s1. The van der Waals surface area contributed by atoms with Gasteiger partial charge in [0.2, 0.25) is 11.5 Å². The minimum Gasteiger partial charge on any atom is -0.335 e. The molecule has 2 aliphatic rings.